The van der Waals surface area contributed by atoms with Gasteiger partial charge in [0.1, 0.15) is 5.82 Å². The summed E-state index contributed by atoms with van der Waals surface area (Å²) in [4.78, 5) is 0. The maximum Gasteiger partial charge on any atom is 0.137 e. The number of nitriles is 1. The van der Waals surface area contributed by atoms with Gasteiger partial charge in [0.2, 0.25) is 0 Å². The van der Waals surface area contributed by atoms with Crippen molar-refractivity contribution >= 4 is 15.9 Å². The highest BCUT2D eigenvalue weighted by Gasteiger charge is 2.36. The molecule has 1 saturated carbocycles. The Morgan fingerprint density at radius 1 is 1.40 bits per heavy atom. The molecule has 1 nitrogen and oxygen atoms in total. The highest BCUT2D eigenvalue weighted by atomic mass is 79.9. The van der Waals surface area contributed by atoms with Gasteiger partial charge in [-0.2, -0.15) is 5.26 Å². The van der Waals surface area contributed by atoms with Gasteiger partial charge in [-0.3, -0.25) is 0 Å². The van der Waals surface area contributed by atoms with Crippen LogP contribution in [0.3, 0.4) is 0 Å². The molecule has 3 heteroatoms. The third-order valence-electron chi connectivity index (χ3n) is 4.73. The fraction of sp³-hybridized carbons (Fsp3) is 0.588. The van der Waals surface area contributed by atoms with E-state index in [1.165, 1.54) is 6.07 Å². The smallest absolute Gasteiger partial charge is 0.137 e. The van der Waals surface area contributed by atoms with E-state index in [4.69, 9.17) is 0 Å². The van der Waals surface area contributed by atoms with E-state index in [1.54, 1.807) is 6.07 Å². The van der Waals surface area contributed by atoms with Crippen LogP contribution in [0.1, 0.15) is 45.1 Å². The molecule has 1 aromatic carbocycles. The van der Waals surface area contributed by atoms with E-state index in [9.17, 15) is 9.65 Å². The van der Waals surface area contributed by atoms with Crippen molar-refractivity contribution in [2.24, 2.45) is 17.3 Å². The number of benzene rings is 1. The summed E-state index contributed by atoms with van der Waals surface area (Å²) < 4.78 is 14.1. The van der Waals surface area contributed by atoms with E-state index in [2.05, 4.69) is 35.8 Å². The Morgan fingerprint density at radius 2 is 2.05 bits per heavy atom. The Labute approximate surface area is 129 Å². The first kappa shape index (κ1) is 15.5. The maximum absolute atomic E-state index is 13.6. The molecule has 0 heterocycles. The van der Waals surface area contributed by atoms with Crippen molar-refractivity contribution in [1.29, 1.82) is 5.26 Å². The Kier molecular flexibility index (Phi) is 4.86. The lowest BCUT2D eigenvalue weighted by molar-refractivity contribution is 0.174. The molecule has 0 atom stereocenters. The Balaban J connectivity index is 2.14. The number of rotatable bonds is 3. The van der Waals surface area contributed by atoms with Gasteiger partial charge < -0.3 is 0 Å². The van der Waals surface area contributed by atoms with Crippen LogP contribution in [0.2, 0.25) is 0 Å². The number of hydrogen-bond acceptors (Lipinski definition) is 1. The highest BCUT2D eigenvalue weighted by molar-refractivity contribution is 9.10. The molecule has 0 spiro atoms. The zero-order valence-corrected chi connectivity index (χ0v) is 13.7. The Hall–Kier alpha value is -0.880. The fourth-order valence-electron chi connectivity index (χ4n) is 3.24. The molecular formula is C17H21BrFN. The van der Waals surface area contributed by atoms with Gasteiger partial charge in [-0.05, 0) is 71.5 Å². The van der Waals surface area contributed by atoms with E-state index in [0.717, 1.165) is 37.2 Å². The summed E-state index contributed by atoms with van der Waals surface area (Å²) in [7, 11) is 0. The molecule has 0 unspecified atom stereocenters. The van der Waals surface area contributed by atoms with Crippen LogP contribution in [0.25, 0.3) is 0 Å². The van der Waals surface area contributed by atoms with E-state index < -0.39 is 0 Å². The summed E-state index contributed by atoms with van der Waals surface area (Å²) in [5, 5.41) is 9.63. The van der Waals surface area contributed by atoms with Crippen LogP contribution in [0.4, 0.5) is 4.39 Å². The second kappa shape index (κ2) is 6.26. The number of hydrogen-bond donors (Lipinski definition) is 0. The molecule has 1 aliphatic carbocycles. The lowest BCUT2D eigenvalue weighted by Gasteiger charge is -2.36. The summed E-state index contributed by atoms with van der Waals surface area (Å²) in [6.07, 6.45) is 4.72. The second-order valence-electron chi connectivity index (χ2n) is 6.36. The number of halogens is 2. The normalized spacial score (nSPS) is 26.5. The maximum atomic E-state index is 13.6. The van der Waals surface area contributed by atoms with Gasteiger partial charge in [-0.1, -0.05) is 26.0 Å². The van der Waals surface area contributed by atoms with Crippen LogP contribution in [0.15, 0.2) is 22.7 Å². The van der Waals surface area contributed by atoms with Gasteiger partial charge in [-0.25, -0.2) is 4.39 Å². The first-order valence-corrected chi connectivity index (χ1v) is 8.11. The quantitative estimate of drug-likeness (QED) is 0.715. The van der Waals surface area contributed by atoms with Gasteiger partial charge in [0.25, 0.3) is 0 Å². The largest absolute Gasteiger partial charge is 0.206 e. The molecule has 1 fully saturated rings. The first-order valence-electron chi connectivity index (χ1n) is 7.31. The molecule has 0 radical (unpaired) electrons. The standard InChI is InChI=1S/C17H21BrFN/c1-12(2)13-6-8-17(11-20,9-7-13)10-14-4-3-5-15(19)16(14)18/h3-5,12-13H,6-10H2,1-2H3. The average molecular weight is 338 g/mol. The number of nitrogens with zero attached hydrogens (tertiary/aromatic N) is 1. The van der Waals surface area contributed by atoms with E-state index >= 15 is 0 Å². The monoisotopic (exact) mass is 337 g/mol. The second-order valence-corrected chi connectivity index (χ2v) is 7.16. The van der Waals surface area contributed by atoms with Gasteiger partial charge in [0.05, 0.1) is 16.0 Å². The van der Waals surface area contributed by atoms with Crippen molar-refractivity contribution in [2.75, 3.05) is 0 Å². The molecule has 0 amide bonds. The SMILES string of the molecule is CC(C)C1CCC(C#N)(Cc2cccc(F)c2Br)CC1. The molecule has 0 bridgehead atoms. The van der Waals surface area contributed by atoms with E-state index in [1.807, 2.05) is 6.07 Å². The van der Waals surface area contributed by atoms with Gasteiger partial charge in [-0.15, -0.1) is 0 Å². The summed E-state index contributed by atoms with van der Waals surface area (Å²) in [6, 6.07) is 7.62. The van der Waals surface area contributed by atoms with Crippen LogP contribution in [-0.2, 0) is 6.42 Å². The van der Waals surface area contributed by atoms with Crippen LogP contribution >= 0.6 is 15.9 Å². The van der Waals surface area contributed by atoms with Gasteiger partial charge >= 0.3 is 0 Å². The van der Waals surface area contributed by atoms with Crippen molar-refractivity contribution in [3.8, 4) is 6.07 Å². The van der Waals surface area contributed by atoms with Crippen molar-refractivity contribution in [3.63, 3.8) is 0 Å². The highest BCUT2D eigenvalue weighted by Crippen LogP contribution is 2.44. The molecule has 20 heavy (non-hydrogen) atoms. The minimum atomic E-state index is -0.318. The Bertz CT molecular complexity index is 510. The zero-order chi connectivity index (χ0) is 14.8. The van der Waals surface area contributed by atoms with Crippen molar-refractivity contribution in [1.82, 2.24) is 0 Å². The van der Waals surface area contributed by atoms with Crippen molar-refractivity contribution < 1.29 is 4.39 Å². The van der Waals surface area contributed by atoms with E-state index in [0.29, 0.717) is 16.8 Å². The molecule has 108 valence electrons. The molecule has 0 saturated heterocycles. The molecule has 2 rings (SSSR count). The average Bonchev–Trinajstić information content (AvgIpc) is 2.44. The predicted molar refractivity (Wildman–Crippen MR) is 82.6 cm³/mol. The predicted octanol–water partition coefficient (Wildman–Crippen LogP) is 5.49. The minimum absolute atomic E-state index is 0.244. The van der Waals surface area contributed by atoms with Crippen LogP contribution in [0, 0.1) is 34.4 Å². The summed E-state index contributed by atoms with van der Waals surface area (Å²) in [5.41, 5.74) is 0.594. The summed E-state index contributed by atoms with van der Waals surface area (Å²) >= 11 is 3.31. The molecule has 0 aliphatic heterocycles. The third-order valence-corrected chi connectivity index (χ3v) is 5.62. The summed E-state index contributed by atoms with van der Waals surface area (Å²) in [6.45, 7) is 4.51. The van der Waals surface area contributed by atoms with E-state index in [-0.39, 0.29) is 11.2 Å². The van der Waals surface area contributed by atoms with Crippen LogP contribution < -0.4 is 0 Å². The Morgan fingerprint density at radius 3 is 2.60 bits per heavy atom. The zero-order valence-electron chi connectivity index (χ0n) is 12.1. The van der Waals surface area contributed by atoms with Crippen LogP contribution in [-0.4, -0.2) is 0 Å². The third kappa shape index (κ3) is 3.23. The fourth-order valence-corrected chi connectivity index (χ4v) is 3.64. The molecule has 0 N–H and O–H groups in total. The van der Waals surface area contributed by atoms with Gasteiger partial charge in [0.15, 0.2) is 0 Å². The minimum Gasteiger partial charge on any atom is -0.206 e. The molecular weight excluding hydrogens is 317 g/mol. The lowest BCUT2D eigenvalue weighted by Crippen LogP contribution is -2.30. The van der Waals surface area contributed by atoms with Gasteiger partial charge in [0, 0.05) is 0 Å². The topological polar surface area (TPSA) is 23.8 Å². The molecule has 1 aliphatic rings. The first-order chi connectivity index (χ1) is 9.47. The van der Waals surface area contributed by atoms with Crippen molar-refractivity contribution in [3.05, 3.63) is 34.1 Å². The van der Waals surface area contributed by atoms with Crippen LogP contribution in [0.5, 0.6) is 0 Å². The van der Waals surface area contributed by atoms with Crippen molar-refractivity contribution in [2.45, 2.75) is 46.0 Å². The molecule has 0 aromatic heterocycles. The summed E-state index contributed by atoms with van der Waals surface area (Å²) in [5.74, 6) is 1.17. The molecule has 1 aromatic rings. The lowest BCUT2D eigenvalue weighted by atomic mass is 9.66.